The molecule has 0 bridgehead atoms. The molecule has 1 heterocycles. The summed E-state index contributed by atoms with van der Waals surface area (Å²) >= 11 is 0. The lowest BCUT2D eigenvalue weighted by atomic mass is 10.0. The fourth-order valence-corrected chi connectivity index (χ4v) is 2.02. The van der Waals surface area contributed by atoms with Crippen molar-refractivity contribution in [2.24, 2.45) is 5.92 Å². The van der Waals surface area contributed by atoms with Crippen LogP contribution < -0.4 is 5.32 Å². The van der Waals surface area contributed by atoms with E-state index in [0.717, 1.165) is 5.56 Å². The van der Waals surface area contributed by atoms with Crippen LogP contribution in [0.2, 0.25) is 0 Å². The van der Waals surface area contributed by atoms with Gasteiger partial charge in [-0.25, -0.2) is 0 Å². The molecular weight excluding hydrogens is 282 g/mol. The van der Waals surface area contributed by atoms with Gasteiger partial charge in [0.2, 0.25) is 0 Å². The van der Waals surface area contributed by atoms with Crippen LogP contribution in [0.15, 0.2) is 36.7 Å². The summed E-state index contributed by atoms with van der Waals surface area (Å²) in [6.45, 7) is 4.33. The van der Waals surface area contributed by atoms with E-state index in [9.17, 15) is 9.59 Å². The average molecular weight is 301 g/mol. The molecule has 116 valence electrons. The van der Waals surface area contributed by atoms with E-state index in [2.05, 4.69) is 10.4 Å². The first-order valence-corrected chi connectivity index (χ1v) is 7.15. The number of aliphatic carboxylic acids is 1. The molecule has 0 spiro atoms. The first kappa shape index (κ1) is 15.8. The van der Waals surface area contributed by atoms with Crippen LogP contribution in [-0.4, -0.2) is 26.8 Å². The third-order valence-corrected chi connectivity index (χ3v) is 3.39. The summed E-state index contributed by atoms with van der Waals surface area (Å²) in [5.74, 6) is -1.46. The SMILES string of the molecule is CCn1cc(C(=O)Nc2ccc(CC(C)C(=O)O)cc2)cn1. The Morgan fingerprint density at radius 3 is 2.55 bits per heavy atom. The summed E-state index contributed by atoms with van der Waals surface area (Å²) in [6.07, 6.45) is 3.69. The van der Waals surface area contributed by atoms with Crippen molar-refractivity contribution < 1.29 is 14.7 Å². The number of rotatable bonds is 6. The molecule has 0 saturated heterocycles. The number of amides is 1. The second-order valence-electron chi connectivity index (χ2n) is 5.18. The number of carbonyl (C=O) groups is 2. The topological polar surface area (TPSA) is 84.2 Å². The van der Waals surface area contributed by atoms with E-state index < -0.39 is 11.9 Å². The zero-order valence-corrected chi connectivity index (χ0v) is 12.6. The van der Waals surface area contributed by atoms with E-state index >= 15 is 0 Å². The highest BCUT2D eigenvalue weighted by Gasteiger charge is 2.12. The lowest BCUT2D eigenvalue weighted by molar-refractivity contribution is -0.141. The molecule has 1 atom stereocenters. The number of carboxylic acid groups (broad SMARTS) is 1. The quantitative estimate of drug-likeness (QED) is 0.858. The normalized spacial score (nSPS) is 11.9. The molecule has 2 N–H and O–H groups in total. The van der Waals surface area contributed by atoms with E-state index in [0.29, 0.717) is 24.2 Å². The summed E-state index contributed by atoms with van der Waals surface area (Å²) in [5, 5.41) is 15.8. The third-order valence-electron chi connectivity index (χ3n) is 3.39. The van der Waals surface area contributed by atoms with Crippen LogP contribution in [0.4, 0.5) is 5.69 Å². The molecule has 1 unspecified atom stereocenters. The minimum absolute atomic E-state index is 0.216. The van der Waals surface area contributed by atoms with E-state index in [-0.39, 0.29) is 5.91 Å². The van der Waals surface area contributed by atoms with Crippen LogP contribution in [0.3, 0.4) is 0 Å². The van der Waals surface area contributed by atoms with Gasteiger partial charge < -0.3 is 10.4 Å². The summed E-state index contributed by atoms with van der Waals surface area (Å²) in [5.41, 5.74) is 2.10. The minimum atomic E-state index is -0.815. The Labute approximate surface area is 128 Å². The molecule has 0 radical (unpaired) electrons. The standard InChI is InChI=1S/C16H19N3O3/c1-3-19-10-13(9-17-19)15(20)18-14-6-4-12(5-7-14)8-11(2)16(21)22/h4-7,9-11H,3,8H2,1-2H3,(H,18,20)(H,21,22). The Morgan fingerprint density at radius 2 is 2.00 bits per heavy atom. The molecule has 0 saturated carbocycles. The number of nitrogens with zero attached hydrogens (tertiary/aromatic N) is 2. The van der Waals surface area contributed by atoms with Gasteiger partial charge in [-0.05, 0) is 31.0 Å². The van der Waals surface area contributed by atoms with Gasteiger partial charge in [0.1, 0.15) is 0 Å². The Kier molecular flexibility index (Phi) is 4.93. The van der Waals surface area contributed by atoms with Gasteiger partial charge in [0, 0.05) is 18.4 Å². The summed E-state index contributed by atoms with van der Waals surface area (Å²) in [6, 6.07) is 7.19. The van der Waals surface area contributed by atoms with E-state index in [1.54, 1.807) is 29.9 Å². The zero-order valence-electron chi connectivity index (χ0n) is 12.6. The molecule has 1 amide bonds. The Hall–Kier alpha value is -2.63. The van der Waals surface area contributed by atoms with Gasteiger partial charge >= 0.3 is 5.97 Å². The zero-order chi connectivity index (χ0) is 16.1. The minimum Gasteiger partial charge on any atom is -0.481 e. The van der Waals surface area contributed by atoms with Crippen LogP contribution in [-0.2, 0) is 17.8 Å². The van der Waals surface area contributed by atoms with Gasteiger partial charge in [0.15, 0.2) is 0 Å². The van der Waals surface area contributed by atoms with Crippen molar-refractivity contribution in [2.75, 3.05) is 5.32 Å². The van der Waals surface area contributed by atoms with Crippen molar-refractivity contribution >= 4 is 17.6 Å². The summed E-state index contributed by atoms with van der Waals surface area (Å²) in [7, 11) is 0. The maximum absolute atomic E-state index is 12.1. The molecule has 0 aliphatic rings. The van der Waals surface area contributed by atoms with Crippen molar-refractivity contribution in [1.29, 1.82) is 0 Å². The third kappa shape index (κ3) is 3.94. The molecule has 6 heteroatoms. The number of carbonyl (C=O) groups excluding carboxylic acids is 1. The summed E-state index contributed by atoms with van der Waals surface area (Å²) < 4.78 is 1.69. The van der Waals surface area contributed by atoms with Crippen LogP contribution in [0.25, 0.3) is 0 Å². The molecule has 1 aromatic carbocycles. The monoisotopic (exact) mass is 301 g/mol. The van der Waals surface area contributed by atoms with Crippen molar-refractivity contribution in [2.45, 2.75) is 26.8 Å². The van der Waals surface area contributed by atoms with Gasteiger partial charge in [-0.1, -0.05) is 19.1 Å². The predicted molar refractivity (Wildman–Crippen MR) is 82.8 cm³/mol. The lowest BCUT2D eigenvalue weighted by Crippen LogP contribution is -2.13. The average Bonchev–Trinajstić information content (AvgIpc) is 2.98. The van der Waals surface area contributed by atoms with E-state index in [1.165, 1.54) is 6.20 Å². The highest BCUT2D eigenvalue weighted by atomic mass is 16.4. The number of nitrogens with one attached hydrogen (secondary N) is 1. The van der Waals surface area contributed by atoms with Crippen LogP contribution in [0.1, 0.15) is 29.8 Å². The molecule has 6 nitrogen and oxygen atoms in total. The highest BCUT2D eigenvalue weighted by Crippen LogP contribution is 2.14. The number of hydrogen-bond acceptors (Lipinski definition) is 3. The van der Waals surface area contributed by atoms with Gasteiger partial charge in [0.05, 0.1) is 17.7 Å². The number of hydrogen-bond donors (Lipinski definition) is 2. The van der Waals surface area contributed by atoms with Gasteiger partial charge in [-0.15, -0.1) is 0 Å². The largest absolute Gasteiger partial charge is 0.481 e. The maximum Gasteiger partial charge on any atom is 0.306 e. The first-order chi connectivity index (χ1) is 10.5. The Balaban J connectivity index is 1.98. The number of aryl methyl sites for hydroxylation is 1. The van der Waals surface area contributed by atoms with Crippen molar-refractivity contribution in [3.8, 4) is 0 Å². The van der Waals surface area contributed by atoms with Crippen molar-refractivity contribution in [3.05, 3.63) is 47.8 Å². The predicted octanol–water partition coefficient (Wildman–Crippen LogP) is 2.42. The smallest absolute Gasteiger partial charge is 0.306 e. The maximum atomic E-state index is 12.1. The first-order valence-electron chi connectivity index (χ1n) is 7.15. The Bertz CT molecular complexity index is 662. The molecule has 0 aliphatic heterocycles. The molecule has 1 aromatic heterocycles. The molecule has 0 fully saturated rings. The van der Waals surface area contributed by atoms with Gasteiger partial charge in [-0.3, -0.25) is 14.3 Å². The van der Waals surface area contributed by atoms with Gasteiger partial charge in [0.25, 0.3) is 5.91 Å². The lowest BCUT2D eigenvalue weighted by Gasteiger charge is -2.08. The number of aromatic nitrogens is 2. The summed E-state index contributed by atoms with van der Waals surface area (Å²) in [4.78, 5) is 22.9. The second-order valence-corrected chi connectivity index (χ2v) is 5.18. The van der Waals surface area contributed by atoms with Crippen molar-refractivity contribution in [1.82, 2.24) is 9.78 Å². The molecule has 0 aliphatic carbocycles. The van der Waals surface area contributed by atoms with Crippen molar-refractivity contribution in [3.63, 3.8) is 0 Å². The number of anilines is 1. The number of benzene rings is 1. The Morgan fingerprint density at radius 1 is 1.32 bits per heavy atom. The highest BCUT2D eigenvalue weighted by molar-refractivity contribution is 6.03. The van der Waals surface area contributed by atoms with Crippen LogP contribution >= 0.6 is 0 Å². The van der Waals surface area contributed by atoms with E-state index in [4.69, 9.17) is 5.11 Å². The molecule has 2 aromatic rings. The molecular formula is C16H19N3O3. The fourth-order valence-electron chi connectivity index (χ4n) is 2.02. The van der Waals surface area contributed by atoms with Crippen LogP contribution in [0, 0.1) is 5.92 Å². The van der Waals surface area contributed by atoms with Gasteiger partial charge in [-0.2, -0.15) is 5.10 Å². The van der Waals surface area contributed by atoms with Crippen LogP contribution in [0.5, 0.6) is 0 Å². The fraction of sp³-hybridized carbons (Fsp3) is 0.312. The number of carboxylic acids is 1. The van der Waals surface area contributed by atoms with E-state index in [1.807, 2.05) is 19.1 Å². The second kappa shape index (κ2) is 6.89. The molecule has 2 rings (SSSR count). The molecule has 22 heavy (non-hydrogen) atoms.